The van der Waals surface area contributed by atoms with Gasteiger partial charge in [-0.15, -0.1) is 0 Å². The molecule has 0 aliphatic heterocycles. The number of urea groups is 2. The number of nitrogens with zero attached hydrogens (tertiary/aromatic N) is 4. The van der Waals surface area contributed by atoms with Crippen molar-refractivity contribution in [3.8, 4) is 0 Å². The van der Waals surface area contributed by atoms with Crippen molar-refractivity contribution in [3.63, 3.8) is 0 Å². The van der Waals surface area contributed by atoms with Gasteiger partial charge in [-0.1, -0.05) is 6.07 Å². The summed E-state index contributed by atoms with van der Waals surface area (Å²) >= 11 is 0. The number of hydrogen-bond donors (Lipinski definition) is 8. The van der Waals surface area contributed by atoms with Crippen molar-refractivity contribution in [2.45, 2.75) is 0 Å². The fraction of sp³-hybridized carbons (Fsp3) is 0.0526. The maximum Gasteiger partial charge on any atom is 0.323 e. The zero-order valence-electron chi connectivity index (χ0n) is 28.5. The molecule has 0 aliphatic rings. The van der Waals surface area contributed by atoms with Crippen LogP contribution in [0.25, 0.3) is 0 Å². The van der Waals surface area contributed by atoms with Gasteiger partial charge >= 0.3 is 12.1 Å². The van der Waals surface area contributed by atoms with Crippen LogP contribution in [0, 0.1) is 0 Å². The van der Waals surface area contributed by atoms with Crippen LogP contribution in [0.1, 0.15) is 22.3 Å². The van der Waals surface area contributed by atoms with Gasteiger partial charge in [-0.05, 0) is 115 Å². The second-order valence-corrected chi connectivity index (χ2v) is 11.2. The topological polar surface area (TPSA) is 236 Å². The van der Waals surface area contributed by atoms with Gasteiger partial charge in [-0.3, -0.25) is 9.98 Å². The first-order valence-electron chi connectivity index (χ1n) is 15.9. The van der Waals surface area contributed by atoms with E-state index in [1.807, 2.05) is 24.3 Å². The number of carbonyl (C=O) groups is 2. The third kappa shape index (κ3) is 9.79. The van der Waals surface area contributed by atoms with E-state index < -0.39 is 12.1 Å². The maximum absolute atomic E-state index is 12.7. The molecule has 14 heteroatoms. The summed E-state index contributed by atoms with van der Waals surface area (Å²) in [6.07, 6.45) is 0. The monoisotopic (exact) mass is 694 g/mol. The molecule has 0 heterocycles. The molecule has 4 amide bonds. The van der Waals surface area contributed by atoms with Gasteiger partial charge in [0, 0.05) is 59.1 Å². The van der Waals surface area contributed by atoms with E-state index >= 15 is 0 Å². The predicted octanol–water partition coefficient (Wildman–Crippen LogP) is 5.72. The number of carbonyl (C=O) groups excluding carboxylic acids is 2. The van der Waals surface area contributed by atoms with Crippen LogP contribution in [-0.4, -0.2) is 49.5 Å². The molecule has 0 unspecified atom stereocenters. The molecule has 0 spiro atoms. The zero-order chi connectivity index (χ0) is 37.0. The molecule has 0 saturated heterocycles. The van der Waals surface area contributed by atoms with Gasteiger partial charge < -0.3 is 44.2 Å². The molecule has 262 valence electrons. The summed E-state index contributed by atoms with van der Waals surface area (Å²) in [7, 11) is 3.25. The molecular weight excluding hydrogens is 656 g/mol. The smallest absolute Gasteiger partial charge is 0.323 e. The Labute approximate surface area is 300 Å². The summed E-state index contributed by atoms with van der Waals surface area (Å²) in [5.41, 5.74) is 30.4. The normalized spacial score (nSPS) is 12.2. The highest BCUT2D eigenvalue weighted by atomic mass is 16.2. The van der Waals surface area contributed by atoms with Crippen LogP contribution in [0.15, 0.2) is 141 Å². The molecule has 14 nitrogen and oxygen atoms in total. The number of hydrogen-bond acceptors (Lipinski definition) is 6. The Morgan fingerprint density at radius 2 is 0.731 bits per heavy atom. The van der Waals surface area contributed by atoms with Crippen LogP contribution in [0.2, 0.25) is 0 Å². The number of amidine groups is 4. The van der Waals surface area contributed by atoms with E-state index in [1.165, 1.54) is 0 Å². The van der Waals surface area contributed by atoms with E-state index in [0.29, 0.717) is 68.6 Å². The molecule has 5 aromatic carbocycles. The average Bonchev–Trinajstić information content (AvgIpc) is 3.15. The largest absolute Gasteiger partial charge is 0.384 e. The van der Waals surface area contributed by atoms with Crippen molar-refractivity contribution >= 4 is 69.5 Å². The van der Waals surface area contributed by atoms with Crippen molar-refractivity contribution < 1.29 is 9.59 Å². The first kappa shape index (κ1) is 35.8. The Kier molecular flexibility index (Phi) is 11.5. The van der Waals surface area contributed by atoms with Gasteiger partial charge in [0.05, 0.1) is 11.4 Å². The van der Waals surface area contributed by atoms with E-state index in [9.17, 15) is 9.59 Å². The summed E-state index contributed by atoms with van der Waals surface area (Å²) < 4.78 is 0. The van der Waals surface area contributed by atoms with Crippen molar-refractivity contribution in [2.75, 3.05) is 35.4 Å². The number of amides is 4. The Bertz CT molecular complexity index is 2000. The summed E-state index contributed by atoms with van der Waals surface area (Å²) in [5, 5.41) is 11.1. The Morgan fingerprint density at radius 3 is 1.08 bits per heavy atom. The van der Waals surface area contributed by atoms with Crippen molar-refractivity contribution in [2.24, 2.45) is 42.9 Å². The number of aliphatic imine (C=N–C) groups is 4. The van der Waals surface area contributed by atoms with Crippen molar-refractivity contribution in [1.82, 2.24) is 0 Å². The number of anilines is 4. The summed E-state index contributed by atoms with van der Waals surface area (Å²) in [4.78, 5) is 42.3. The lowest BCUT2D eigenvalue weighted by Gasteiger charge is -2.11. The Morgan fingerprint density at radius 1 is 0.423 bits per heavy atom. The molecule has 52 heavy (non-hydrogen) atoms. The maximum atomic E-state index is 12.7. The fourth-order valence-electron chi connectivity index (χ4n) is 4.79. The molecule has 12 N–H and O–H groups in total. The minimum absolute atomic E-state index is 0.313. The lowest BCUT2D eigenvalue weighted by Crippen LogP contribution is -2.21. The standard InChI is InChI=1S/C38H38N12O2/c1-43-33(39)23-6-14-27(15-7-23)45-35(41)25-10-18-29(19-11-25)47-37(51)49-31-4-3-5-32(22-31)50-38(52)48-30-20-12-26(13-21-30)36(42)46-28-16-8-24(9-17-28)34(40)44-2/h3-22H,1-2H3,(H2,39,43)(H2,40,44)(H2,41,45)(H2,42,46)(H2,47,49,51)(H2,48,50,52). The molecule has 0 fully saturated rings. The van der Waals surface area contributed by atoms with Crippen LogP contribution in [0.3, 0.4) is 0 Å². The first-order chi connectivity index (χ1) is 25.1. The van der Waals surface area contributed by atoms with E-state index in [0.717, 1.165) is 11.1 Å². The lowest BCUT2D eigenvalue weighted by atomic mass is 10.1. The van der Waals surface area contributed by atoms with Crippen molar-refractivity contribution in [3.05, 3.63) is 144 Å². The third-order valence-electron chi connectivity index (χ3n) is 7.56. The van der Waals surface area contributed by atoms with Crippen LogP contribution < -0.4 is 44.2 Å². The minimum Gasteiger partial charge on any atom is -0.384 e. The van der Waals surface area contributed by atoms with Gasteiger partial charge in [-0.2, -0.15) is 0 Å². The molecular formula is C38H38N12O2. The number of rotatable bonds is 10. The van der Waals surface area contributed by atoms with Crippen LogP contribution in [0.4, 0.5) is 43.7 Å². The molecule has 0 saturated carbocycles. The number of benzene rings is 5. The van der Waals surface area contributed by atoms with Crippen LogP contribution in [0.5, 0.6) is 0 Å². The predicted molar refractivity (Wildman–Crippen MR) is 212 cm³/mol. The zero-order valence-corrected chi connectivity index (χ0v) is 28.5. The molecule has 5 aromatic rings. The van der Waals surface area contributed by atoms with Gasteiger partial charge in [-0.25, -0.2) is 19.6 Å². The Hall–Kier alpha value is -7.48. The molecule has 0 bridgehead atoms. The van der Waals surface area contributed by atoms with E-state index in [2.05, 4.69) is 41.2 Å². The van der Waals surface area contributed by atoms with Crippen molar-refractivity contribution in [1.29, 1.82) is 0 Å². The highest BCUT2D eigenvalue weighted by Gasteiger charge is 2.09. The third-order valence-corrected chi connectivity index (χ3v) is 7.56. The lowest BCUT2D eigenvalue weighted by molar-refractivity contribution is 0.261. The number of nitrogens with two attached hydrogens (primary N) is 4. The fourth-order valence-corrected chi connectivity index (χ4v) is 4.79. The molecule has 0 atom stereocenters. The van der Waals surface area contributed by atoms with E-state index in [-0.39, 0.29) is 0 Å². The number of nitrogens with one attached hydrogen (secondary N) is 4. The van der Waals surface area contributed by atoms with Gasteiger partial charge in [0.1, 0.15) is 23.3 Å². The van der Waals surface area contributed by atoms with Gasteiger partial charge in [0.25, 0.3) is 0 Å². The first-order valence-corrected chi connectivity index (χ1v) is 15.9. The summed E-state index contributed by atoms with van der Waals surface area (Å²) in [5.74, 6) is 1.50. The van der Waals surface area contributed by atoms with E-state index in [4.69, 9.17) is 22.9 Å². The Balaban J connectivity index is 1.11. The highest BCUT2D eigenvalue weighted by Crippen LogP contribution is 2.19. The SMILES string of the molecule is CN=C(N)c1ccc(N=C(N)c2ccc(NC(=O)Nc3cccc(NC(=O)Nc4ccc(C(N)=Nc5ccc(C(N)=NC)cc5)cc4)c3)cc2)cc1. The highest BCUT2D eigenvalue weighted by molar-refractivity contribution is 6.04. The van der Waals surface area contributed by atoms with Gasteiger partial charge in [0.2, 0.25) is 0 Å². The minimum atomic E-state index is -0.471. The van der Waals surface area contributed by atoms with Crippen LogP contribution in [-0.2, 0) is 0 Å². The molecule has 0 aromatic heterocycles. The second-order valence-electron chi connectivity index (χ2n) is 11.2. The summed E-state index contributed by atoms with van der Waals surface area (Å²) in [6.45, 7) is 0. The molecule has 5 rings (SSSR count). The molecule has 0 aliphatic carbocycles. The second kappa shape index (κ2) is 16.8. The van der Waals surface area contributed by atoms with Gasteiger partial charge in [0.15, 0.2) is 0 Å². The molecule has 0 radical (unpaired) electrons. The summed E-state index contributed by atoms with van der Waals surface area (Å²) in [6, 6.07) is 34.2. The average molecular weight is 695 g/mol. The van der Waals surface area contributed by atoms with Crippen LogP contribution >= 0.6 is 0 Å². The van der Waals surface area contributed by atoms with E-state index in [1.54, 1.807) is 111 Å². The quantitative estimate of drug-likeness (QED) is 0.0672.